The number of carbonyl (C=O) groups is 1. The van der Waals surface area contributed by atoms with Gasteiger partial charge in [0.2, 0.25) is 0 Å². The maximum atomic E-state index is 10.8. The van der Waals surface area contributed by atoms with E-state index in [0.29, 0.717) is 5.56 Å². The largest absolute Gasteiger partial charge is 0.442 e. The summed E-state index contributed by atoms with van der Waals surface area (Å²) >= 11 is 0. The van der Waals surface area contributed by atoms with Crippen LogP contribution in [-0.4, -0.2) is 11.0 Å². The van der Waals surface area contributed by atoms with Gasteiger partial charge in [-0.25, -0.2) is 4.79 Å². The molecule has 0 aliphatic carbocycles. The molecule has 0 saturated heterocycles. The first-order chi connectivity index (χ1) is 8.41. The van der Waals surface area contributed by atoms with Gasteiger partial charge in [0.1, 0.15) is 6.10 Å². The number of nitro groups is 1. The second-order valence-electron chi connectivity index (χ2n) is 3.40. The molecule has 0 aromatic heterocycles. The highest BCUT2D eigenvalue weighted by molar-refractivity contribution is 5.65. The first-order valence-corrected chi connectivity index (χ1v) is 5.63. The Kier molecular flexibility index (Phi) is 6.41. The van der Waals surface area contributed by atoms with Gasteiger partial charge in [-0.3, -0.25) is 10.1 Å². The molecule has 0 heterocycles. The molecule has 0 aliphatic heterocycles. The van der Waals surface area contributed by atoms with Crippen LogP contribution in [0.5, 0.6) is 0 Å². The third-order valence-electron chi connectivity index (χ3n) is 2.11. The minimum Gasteiger partial charge on any atom is -0.442 e. The third kappa shape index (κ3) is 4.40. The van der Waals surface area contributed by atoms with Crippen molar-refractivity contribution in [3.63, 3.8) is 0 Å². The van der Waals surface area contributed by atoms with Gasteiger partial charge in [-0.15, -0.1) is 0 Å². The van der Waals surface area contributed by atoms with Gasteiger partial charge in [0, 0.05) is 6.07 Å². The van der Waals surface area contributed by atoms with Crippen molar-refractivity contribution < 1.29 is 14.5 Å². The lowest BCUT2D eigenvalue weighted by Crippen LogP contribution is -2.16. The summed E-state index contributed by atoms with van der Waals surface area (Å²) in [4.78, 5) is 20.8. The number of aryl methyl sites for hydroxylation is 1. The lowest BCUT2D eigenvalue weighted by atomic mass is 10.1. The molecule has 6 heteroatoms. The first-order valence-electron chi connectivity index (χ1n) is 5.63. The van der Waals surface area contributed by atoms with Gasteiger partial charge in [-0.2, -0.15) is 0 Å². The summed E-state index contributed by atoms with van der Waals surface area (Å²) < 4.78 is 4.72. The van der Waals surface area contributed by atoms with Crippen LogP contribution in [0.15, 0.2) is 18.2 Å². The molecule has 0 radical (unpaired) electrons. The van der Waals surface area contributed by atoms with Crippen molar-refractivity contribution in [2.45, 2.75) is 33.8 Å². The van der Waals surface area contributed by atoms with Gasteiger partial charge in [0.15, 0.2) is 0 Å². The van der Waals surface area contributed by atoms with E-state index in [1.54, 1.807) is 19.1 Å². The van der Waals surface area contributed by atoms with E-state index in [9.17, 15) is 14.9 Å². The van der Waals surface area contributed by atoms with E-state index in [1.807, 2.05) is 13.8 Å². The lowest BCUT2D eigenvalue weighted by molar-refractivity contribution is -0.386. The Bertz CT molecular complexity index is 432. The molecule has 1 aromatic rings. The molecule has 18 heavy (non-hydrogen) atoms. The molecule has 0 bridgehead atoms. The van der Waals surface area contributed by atoms with Crippen LogP contribution in [0, 0.1) is 17.0 Å². The van der Waals surface area contributed by atoms with Crippen LogP contribution in [0.1, 0.15) is 38.0 Å². The number of hydrogen-bond donors (Lipinski definition) is 1. The highest BCUT2D eigenvalue weighted by atomic mass is 16.6. The van der Waals surface area contributed by atoms with Gasteiger partial charge in [-0.05, 0) is 19.9 Å². The highest BCUT2D eigenvalue weighted by Crippen LogP contribution is 2.28. The number of benzene rings is 1. The zero-order valence-electron chi connectivity index (χ0n) is 11.0. The van der Waals surface area contributed by atoms with Crippen molar-refractivity contribution in [1.82, 2.24) is 0 Å². The number of nitro benzene ring substituents is 1. The Morgan fingerprint density at radius 3 is 2.44 bits per heavy atom. The van der Waals surface area contributed by atoms with E-state index < -0.39 is 17.1 Å². The zero-order valence-corrected chi connectivity index (χ0v) is 11.0. The normalized spacial score (nSPS) is 10.9. The number of nitrogens with two attached hydrogens (primary N) is 1. The zero-order chi connectivity index (χ0) is 14.3. The van der Waals surface area contributed by atoms with Crippen molar-refractivity contribution in [1.29, 1.82) is 0 Å². The summed E-state index contributed by atoms with van der Waals surface area (Å²) in [5, 5.41) is 10.8. The standard InChI is InChI=1S/C10H12N2O4.C2H6/c1-6-3-4-9(12(14)15)8(5-6)7(2)16-10(11)13;1-2/h3-5,7H,1-2H3,(H2,11,13);1-2H3. The van der Waals surface area contributed by atoms with Crippen molar-refractivity contribution in [2.24, 2.45) is 5.73 Å². The number of amides is 1. The van der Waals surface area contributed by atoms with E-state index in [4.69, 9.17) is 10.5 Å². The summed E-state index contributed by atoms with van der Waals surface area (Å²) in [5.74, 6) is 0. The summed E-state index contributed by atoms with van der Waals surface area (Å²) in [6.07, 6.45) is -1.69. The van der Waals surface area contributed by atoms with Gasteiger partial charge in [0.05, 0.1) is 10.5 Å². The Morgan fingerprint density at radius 1 is 1.44 bits per heavy atom. The van der Waals surface area contributed by atoms with Crippen molar-refractivity contribution in [3.05, 3.63) is 39.4 Å². The van der Waals surface area contributed by atoms with Crippen LogP contribution >= 0.6 is 0 Å². The van der Waals surface area contributed by atoms with Crippen LogP contribution in [0.2, 0.25) is 0 Å². The number of rotatable bonds is 3. The van der Waals surface area contributed by atoms with Crippen LogP contribution in [0.4, 0.5) is 10.5 Å². The SMILES string of the molecule is CC.Cc1ccc([N+](=O)[O-])c(C(C)OC(N)=O)c1. The van der Waals surface area contributed by atoms with Crippen molar-refractivity contribution in [3.8, 4) is 0 Å². The molecule has 6 nitrogen and oxygen atoms in total. The molecule has 100 valence electrons. The lowest BCUT2D eigenvalue weighted by Gasteiger charge is -2.12. The fourth-order valence-electron chi connectivity index (χ4n) is 1.40. The van der Waals surface area contributed by atoms with Crippen molar-refractivity contribution >= 4 is 11.8 Å². The Hall–Kier alpha value is -2.11. The van der Waals surface area contributed by atoms with Crippen LogP contribution in [-0.2, 0) is 4.74 Å². The van der Waals surface area contributed by atoms with Gasteiger partial charge < -0.3 is 10.5 Å². The molecule has 1 unspecified atom stereocenters. The third-order valence-corrected chi connectivity index (χ3v) is 2.11. The molecular weight excluding hydrogens is 236 g/mol. The number of carbonyl (C=O) groups excluding carboxylic acids is 1. The Balaban J connectivity index is 0.00000137. The van der Waals surface area contributed by atoms with Gasteiger partial charge >= 0.3 is 6.09 Å². The molecule has 0 spiro atoms. The fourth-order valence-corrected chi connectivity index (χ4v) is 1.40. The summed E-state index contributed by atoms with van der Waals surface area (Å²) in [7, 11) is 0. The Morgan fingerprint density at radius 2 is 2.00 bits per heavy atom. The molecule has 2 N–H and O–H groups in total. The smallest absolute Gasteiger partial charge is 0.405 e. The van der Waals surface area contributed by atoms with E-state index in [-0.39, 0.29) is 5.69 Å². The minimum absolute atomic E-state index is 0.0839. The predicted molar refractivity (Wildman–Crippen MR) is 68.3 cm³/mol. The van der Waals surface area contributed by atoms with Gasteiger partial charge in [0.25, 0.3) is 5.69 Å². The maximum absolute atomic E-state index is 10.8. The fraction of sp³-hybridized carbons (Fsp3) is 0.417. The number of nitrogens with zero attached hydrogens (tertiary/aromatic N) is 1. The topological polar surface area (TPSA) is 95.5 Å². The predicted octanol–water partition coefficient (Wildman–Crippen LogP) is 3.09. The molecule has 1 atom stereocenters. The Labute approximate surface area is 106 Å². The van der Waals surface area contributed by atoms with Gasteiger partial charge in [-0.1, -0.05) is 25.5 Å². The molecular formula is C12H18N2O4. The van der Waals surface area contributed by atoms with E-state index in [1.165, 1.54) is 13.0 Å². The minimum atomic E-state index is -0.955. The number of primary amides is 1. The number of ether oxygens (including phenoxy) is 1. The van der Waals surface area contributed by atoms with E-state index >= 15 is 0 Å². The van der Waals surface area contributed by atoms with Crippen LogP contribution in [0.25, 0.3) is 0 Å². The highest BCUT2D eigenvalue weighted by Gasteiger charge is 2.20. The van der Waals surface area contributed by atoms with Crippen LogP contribution in [0.3, 0.4) is 0 Å². The second kappa shape index (κ2) is 7.26. The number of hydrogen-bond acceptors (Lipinski definition) is 4. The molecule has 0 aliphatic rings. The molecule has 1 aromatic carbocycles. The molecule has 1 rings (SSSR count). The summed E-state index contributed by atoms with van der Waals surface area (Å²) in [6, 6.07) is 4.61. The quantitative estimate of drug-likeness (QED) is 0.662. The average Bonchev–Trinajstić information content (AvgIpc) is 2.30. The van der Waals surface area contributed by atoms with E-state index in [2.05, 4.69) is 0 Å². The first kappa shape index (κ1) is 15.9. The van der Waals surface area contributed by atoms with Crippen LogP contribution < -0.4 is 5.73 Å². The maximum Gasteiger partial charge on any atom is 0.405 e. The molecule has 1 amide bonds. The van der Waals surface area contributed by atoms with Crippen molar-refractivity contribution in [2.75, 3.05) is 0 Å². The monoisotopic (exact) mass is 254 g/mol. The molecule has 0 saturated carbocycles. The molecule has 0 fully saturated rings. The summed E-state index contributed by atoms with van der Waals surface area (Å²) in [5.41, 5.74) is 5.96. The second-order valence-corrected chi connectivity index (χ2v) is 3.40. The summed E-state index contributed by atoms with van der Waals surface area (Å²) in [6.45, 7) is 7.33. The average molecular weight is 254 g/mol. The van der Waals surface area contributed by atoms with E-state index in [0.717, 1.165) is 5.56 Å².